The Morgan fingerprint density at radius 2 is 1.76 bits per heavy atom. The summed E-state index contributed by atoms with van der Waals surface area (Å²) in [5, 5.41) is 6.13. The number of carbonyl (C=O) groups is 1. The van der Waals surface area contributed by atoms with E-state index in [0.29, 0.717) is 6.54 Å². The van der Waals surface area contributed by atoms with E-state index in [1.54, 1.807) is 0 Å². The molecule has 108 valence electrons. The highest BCUT2D eigenvalue weighted by molar-refractivity contribution is 6.09. The molecule has 0 spiro atoms. The van der Waals surface area contributed by atoms with E-state index >= 15 is 0 Å². The van der Waals surface area contributed by atoms with E-state index in [0.717, 1.165) is 35.5 Å². The molecule has 0 radical (unpaired) electrons. The van der Waals surface area contributed by atoms with Gasteiger partial charge in [-0.3, -0.25) is 4.90 Å². The predicted octanol–water partition coefficient (Wildman–Crippen LogP) is 3.32. The first-order valence-electron chi connectivity index (χ1n) is 7.23. The standard InChI is InChI=1S/C17H19N3O/c1-18-11-6-12-20-16-10-5-3-8-14(16)13-7-2-4-9-15(13)19-17(20)21/h2-5,7-10,18H,6,11-12H2,1H3,(H,19,21). The number of anilines is 2. The lowest BCUT2D eigenvalue weighted by Gasteiger charge is -2.22. The van der Waals surface area contributed by atoms with Crippen LogP contribution in [0, 0.1) is 0 Å². The Hall–Kier alpha value is -2.33. The molecule has 0 atom stereocenters. The minimum Gasteiger partial charge on any atom is -0.320 e. The van der Waals surface area contributed by atoms with E-state index < -0.39 is 0 Å². The maximum Gasteiger partial charge on any atom is 0.326 e. The lowest BCUT2D eigenvalue weighted by atomic mass is 10.0. The zero-order chi connectivity index (χ0) is 14.7. The summed E-state index contributed by atoms with van der Waals surface area (Å²) in [5.41, 5.74) is 4.00. The number of benzene rings is 2. The molecular weight excluding hydrogens is 262 g/mol. The van der Waals surface area contributed by atoms with Gasteiger partial charge in [0.1, 0.15) is 0 Å². The fourth-order valence-electron chi connectivity index (χ4n) is 2.69. The van der Waals surface area contributed by atoms with Crippen molar-refractivity contribution in [3.05, 3.63) is 48.5 Å². The van der Waals surface area contributed by atoms with Crippen LogP contribution in [0.25, 0.3) is 11.1 Å². The second-order valence-electron chi connectivity index (χ2n) is 5.10. The molecule has 2 aromatic carbocycles. The van der Waals surface area contributed by atoms with E-state index in [-0.39, 0.29) is 6.03 Å². The van der Waals surface area contributed by atoms with Crippen LogP contribution in [-0.2, 0) is 0 Å². The SMILES string of the molecule is CNCCCN1C(=O)Nc2ccccc2-c2ccccc21. The van der Waals surface area contributed by atoms with Gasteiger partial charge < -0.3 is 10.6 Å². The van der Waals surface area contributed by atoms with Gasteiger partial charge in [-0.1, -0.05) is 36.4 Å². The van der Waals surface area contributed by atoms with Gasteiger partial charge in [0.2, 0.25) is 0 Å². The molecule has 0 saturated heterocycles. The molecule has 4 nitrogen and oxygen atoms in total. The van der Waals surface area contributed by atoms with Gasteiger partial charge in [-0.25, -0.2) is 4.79 Å². The van der Waals surface area contributed by atoms with Crippen molar-refractivity contribution >= 4 is 17.4 Å². The largest absolute Gasteiger partial charge is 0.326 e. The van der Waals surface area contributed by atoms with Gasteiger partial charge in [-0.2, -0.15) is 0 Å². The number of nitrogens with zero attached hydrogens (tertiary/aromatic N) is 1. The van der Waals surface area contributed by atoms with Gasteiger partial charge in [-0.15, -0.1) is 0 Å². The van der Waals surface area contributed by atoms with Crippen LogP contribution >= 0.6 is 0 Å². The van der Waals surface area contributed by atoms with Crippen molar-refractivity contribution in [3.63, 3.8) is 0 Å². The van der Waals surface area contributed by atoms with E-state index in [4.69, 9.17) is 0 Å². The van der Waals surface area contributed by atoms with Crippen LogP contribution in [-0.4, -0.2) is 26.2 Å². The Balaban J connectivity index is 2.04. The molecule has 2 N–H and O–H groups in total. The molecule has 21 heavy (non-hydrogen) atoms. The highest BCUT2D eigenvalue weighted by Gasteiger charge is 2.24. The average molecular weight is 281 g/mol. The maximum absolute atomic E-state index is 12.5. The van der Waals surface area contributed by atoms with Gasteiger partial charge in [0, 0.05) is 17.7 Å². The quantitative estimate of drug-likeness (QED) is 0.844. The molecule has 1 heterocycles. The minimum atomic E-state index is -0.0662. The molecule has 0 unspecified atom stereocenters. The summed E-state index contributed by atoms with van der Waals surface area (Å²) in [7, 11) is 1.92. The third kappa shape index (κ3) is 2.62. The summed E-state index contributed by atoms with van der Waals surface area (Å²) in [6.45, 7) is 1.58. The van der Waals surface area contributed by atoms with Crippen LogP contribution in [0.5, 0.6) is 0 Å². The lowest BCUT2D eigenvalue weighted by molar-refractivity contribution is 0.257. The molecule has 3 rings (SSSR count). The number of carbonyl (C=O) groups excluding carboxylic acids is 1. The fraction of sp³-hybridized carbons (Fsp3) is 0.235. The average Bonchev–Trinajstić information content (AvgIpc) is 2.63. The Labute approximate surface area is 124 Å². The van der Waals surface area contributed by atoms with Crippen LogP contribution in [0.3, 0.4) is 0 Å². The Morgan fingerprint density at radius 1 is 1.05 bits per heavy atom. The normalized spacial score (nSPS) is 13.2. The third-order valence-electron chi connectivity index (χ3n) is 3.71. The topological polar surface area (TPSA) is 44.4 Å². The summed E-state index contributed by atoms with van der Waals surface area (Å²) < 4.78 is 0. The molecule has 2 aromatic rings. The fourth-order valence-corrected chi connectivity index (χ4v) is 2.69. The van der Waals surface area contributed by atoms with Crippen LogP contribution in [0.4, 0.5) is 16.2 Å². The monoisotopic (exact) mass is 281 g/mol. The number of para-hydroxylation sites is 2. The highest BCUT2D eigenvalue weighted by Crippen LogP contribution is 2.38. The summed E-state index contributed by atoms with van der Waals surface area (Å²) in [6, 6.07) is 15.9. The summed E-state index contributed by atoms with van der Waals surface area (Å²) in [4.78, 5) is 14.4. The van der Waals surface area contributed by atoms with E-state index in [9.17, 15) is 4.79 Å². The van der Waals surface area contributed by atoms with Gasteiger partial charge in [0.15, 0.2) is 0 Å². The third-order valence-corrected chi connectivity index (χ3v) is 3.71. The second-order valence-corrected chi connectivity index (χ2v) is 5.10. The maximum atomic E-state index is 12.5. The first kappa shape index (κ1) is 13.6. The molecule has 1 aliphatic rings. The predicted molar refractivity (Wildman–Crippen MR) is 86.8 cm³/mol. The molecule has 0 bridgehead atoms. The molecule has 0 saturated carbocycles. The molecule has 0 aliphatic carbocycles. The van der Waals surface area contributed by atoms with Crippen LogP contribution in [0.15, 0.2) is 48.5 Å². The molecular formula is C17H19N3O. The summed E-state index contributed by atoms with van der Waals surface area (Å²) in [5.74, 6) is 0. The number of fused-ring (bicyclic) bond motifs is 3. The van der Waals surface area contributed by atoms with Gasteiger partial charge in [0.25, 0.3) is 0 Å². The van der Waals surface area contributed by atoms with Crippen LogP contribution in [0.1, 0.15) is 6.42 Å². The number of hydrogen-bond donors (Lipinski definition) is 2. The smallest absolute Gasteiger partial charge is 0.320 e. The first-order chi connectivity index (χ1) is 10.3. The van der Waals surface area contributed by atoms with E-state index in [2.05, 4.69) is 16.7 Å². The highest BCUT2D eigenvalue weighted by atomic mass is 16.2. The number of nitrogens with one attached hydrogen (secondary N) is 2. The van der Waals surface area contributed by atoms with E-state index in [1.807, 2.05) is 54.4 Å². The Bertz CT molecular complexity index is 654. The van der Waals surface area contributed by atoms with Gasteiger partial charge >= 0.3 is 6.03 Å². The van der Waals surface area contributed by atoms with E-state index in [1.165, 1.54) is 0 Å². The molecule has 0 aromatic heterocycles. The Morgan fingerprint density at radius 3 is 2.57 bits per heavy atom. The zero-order valence-corrected chi connectivity index (χ0v) is 12.1. The summed E-state index contributed by atoms with van der Waals surface area (Å²) in [6.07, 6.45) is 0.911. The Kier molecular flexibility index (Phi) is 3.88. The minimum absolute atomic E-state index is 0.0662. The van der Waals surface area contributed by atoms with Gasteiger partial charge in [0.05, 0.1) is 11.4 Å². The number of rotatable bonds is 4. The van der Waals surface area contributed by atoms with Crippen LogP contribution in [0.2, 0.25) is 0 Å². The van der Waals surface area contributed by atoms with Crippen LogP contribution < -0.4 is 15.5 Å². The van der Waals surface area contributed by atoms with Crippen molar-refractivity contribution < 1.29 is 4.79 Å². The molecule has 1 aliphatic heterocycles. The van der Waals surface area contributed by atoms with Crippen molar-refractivity contribution in [3.8, 4) is 11.1 Å². The first-order valence-corrected chi connectivity index (χ1v) is 7.23. The van der Waals surface area contributed by atoms with Crippen molar-refractivity contribution in [1.29, 1.82) is 0 Å². The van der Waals surface area contributed by atoms with Crippen molar-refractivity contribution in [1.82, 2.24) is 5.32 Å². The van der Waals surface area contributed by atoms with Crippen molar-refractivity contribution in [2.45, 2.75) is 6.42 Å². The van der Waals surface area contributed by atoms with Gasteiger partial charge in [-0.05, 0) is 32.1 Å². The number of hydrogen-bond acceptors (Lipinski definition) is 2. The summed E-state index contributed by atoms with van der Waals surface area (Å²) >= 11 is 0. The molecule has 2 amide bonds. The van der Waals surface area contributed by atoms with Crippen molar-refractivity contribution in [2.75, 3.05) is 30.4 Å². The van der Waals surface area contributed by atoms with Crippen molar-refractivity contribution in [2.24, 2.45) is 0 Å². The number of urea groups is 1. The second kappa shape index (κ2) is 5.97. The molecule has 0 fully saturated rings. The molecule has 4 heteroatoms. The zero-order valence-electron chi connectivity index (χ0n) is 12.1. The lowest BCUT2D eigenvalue weighted by Crippen LogP contribution is -2.36. The number of amides is 2.